The van der Waals surface area contributed by atoms with E-state index in [1.807, 2.05) is 0 Å². The number of hydrogen-bond donors (Lipinski definition) is 0. The number of hydrogen-bond acceptors (Lipinski definition) is 1. The number of benzene rings is 2. The molecule has 0 aliphatic rings. The molecule has 0 amide bonds. The molecule has 0 heterocycles. The maximum absolute atomic E-state index is 13.0. The number of carbonyl (C=O) groups is 1. The Balaban J connectivity index is 2.69. The fourth-order valence-corrected chi connectivity index (χ4v) is 1.84. The molecule has 0 saturated heterocycles. The Hall–Kier alpha value is -2.17. The first-order valence-electron chi connectivity index (χ1n) is 5.35. The molecule has 0 N–H and O–H groups in total. The van der Waals surface area contributed by atoms with Crippen molar-refractivity contribution in [2.24, 2.45) is 0 Å². The van der Waals surface area contributed by atoms with Gasteiger partial charge < -0.3 is 0 Å². The van der Waals surface area contributed by atoms with E-state index in [1.54, 1.807) is 0 Å². The lowest BCUT2D eigenvalue weighted by molar-refractivity contribution is -0.137. The molecule has 19 heavy (non-hydrogen) atoms. The van der Waals surface area contributed by atoms with Crippen molar-refractivity contribution in [1.82, 2.24) is 0 Å². The third-order valence-electron chi connectivity index (χ3n) is 2.66. The first-order valence-corrected chi connectivity index (χ1v) is 5.35. The van der Waals surface area contributed by atoms with Crippen molar-refractivity contribution >= 4 is 6.29 Å². The van der Waals surface area contributed by atoms with Crippen LogP contribution in [0.15, 0.2) is 42.5 Å². The van der Waals surface area contributed by atoms with Crippen LogP contribution < -0.4 is 0 Å². The van der Waals surface area contributed by atoms with Crippen molar-refractivity contribution in [3.63, 3.8) is 0 Å². The Labute approximate surface area is 106 Å². The molecule has 2 rings (SSSR count). The van der Waals surface area contributed by atoms with Crippen LogP contribution in [-0.4, -0.2) is 6.29 Å². The summed E-state index contributed by atoms with van der Waals surface area (Å²) in [5, 5.41) is 0. The fraction of sp³-hybridized carbons (Fsp3) is 0.0714. The standard InChI is InChI=1S/C14H8F4O/c15-10-5-6-11(9(7-10)8-19)12-3-1-2-4-13(12)14(16,17)18/h1-8H. The van der Waals surface area contributed by atoms with Crippen molar-refractivity contribution in [2.75, 3.05) is 0 Å². The Morgan fingerprint density at radius 1 is 0.947 bits per heavy atom. The van der Waals surface area contributed by atoms with E-state index in [1.165, 1.54) is 24.3 Å². The quantitative estimate of drug-likeness (QED) is 0.585. The number of carbonyl (C=O) groups excluding carboxylic acids is 1. The number of aldehydes is 1. The molecule has 0 unspecified atom stereocenters. The van der Waals surface area contributed by atoms with Crippen molar-refractivity contribution in [2.45, 2.75) is 6.18 Å². The number of alkyl halides is 3. The second-order valence-corrected chi connectivity index (χ2v) is 3.89. The minimum Gasteiger partial charge on any atom is -0.298 e. The predicted octanol–water partition coefficient (Wildman–Crippen LogP) is 4.32. The molecule has 0 radical (unpaired) electrons. The molecule has 98 valence electrons. The van der Waals surface area contributed by atoms with Gasteiger partial charge in [-0.25, -0.2) is 4.39 Å². The summed E-state index contributed by atoms with van der Waals surface area (Å²) in [7, 11) is 0. The highest BCUT2D eigenvalue weighted by atomic mass is 19.4. The van der Waals surface area contributed by atoms with E-state index in [0.717, 1.165) is 18.2 Å². The zero-order chi connectivity index (χ0) is 14.0. The van der Waals surface area contributed by atoms with Gasteiger partial charge in [-0.05, 0) is 29.3 Å². The van der Waals surface area contributed by atoms with Crippen LogP contribution in [0, 0.1) is 5.82 Å². The molecular weight excluding hydrogens is 260 g/mol. The minimum absolute atomic E-state index is 0.0596. The van der Waals surface area contributed by atoms with Gasteiger partial charge in [0, 0.05) is 5.56 Å². The van der Waals surface area contributed by atoms with Gasteiger partial charge in [0.1, 0.15) is 5.82 Å². The third kappa shape index (κ3) is 2.65. The molecule has 5 heteroatoms. The van der Waals surface area contributed by atoms with Crippen LogP contribution in [-0.2, 0) is 6.18 Å². The van der Waals surface area contributed by atoms with Crippen molar-refractivity contribution in [3.05, 3.63) is 59.4 Å². The summed E-state index contributed by atoms with van der Waals surface area (Å²) in [5.74, 6) is -0.671. The largest absolute Gasteiger partial charge is 0.417 e. The summed E-state index contributed by atoms with van der Waals surface area (Å²) in [4.78, 5) is 10.9. The van der Waals surface area contributed by atoms with E-state index in [2.05, 4.69) is 0 Å². The van der Waals surface area contributed by atoms with E-state index in [0.29, 0.717) is 6.29 Å². The zero-order valence-corrected chi connectivity index (χ0v) is 9.54. The molecule has 0 atom stereocenters. The molecule has 2 aromatic carbocycles. The topological polar surface area (TPSA) is 17.1 Å². The molecular formula is C14H8F4O. The molecule has 0 aliphatic heterocycles. The van der Waals surface area contributed by atoms with Gasteiger partial charge in [-0.3, -0.25) is 4.79 Å². The third-order valence-corrected chi connectivity index (χ3v) is 2.66. The fourth-order valence-electron chi connectivity index (χ4n) is 1.84. The van der Waals surface area contributed by atoms with Crippen LogP contribution in [0.2, 0.25) is 0 Å². The summed E-state index contributed by atoms with van der Waals surface area (Å²) in [6.07, 6.45) is -4.20. The zero-order valence-electron chi connectivity index (χ0n) is 9.54. The minimum atomic E-state index is -4.54. The second-order valence-electron chi connectivity index (χ2n) is 3.89. The number of halogens is 4. The summed E-state index contributed by atoms with van der Waals surface area (Å²) in [5.41, 5.74) is -1.05. The highest BCUT2D eigenvalue weighted by Gasteiger charge is 2.33. The van der Waals surface area contributed by atoms with Crippen molar-refractivity contribution in [3.8, 4) is 11.1 Å². The molecule has 1 nitrogen and oxygen atoms in total. The predicted molar refractivity (Wildman–Crippen MR) is 62.2 cm³/mol. The van der Waals surface area contributed by atoms with Crippen LogP contribution in [0.3, 0.4) is 0 Å². The van der Waals surface area contributed by atoms with Crippen LogP contribution in [0.25, 0.3) is 11.1 Å². The lowest BCUT2D eigenvalue weighted by Gasteiger charge is -2.14. The van der Waals surface area contributed by atoms with Gasteiger partial charge in [0.2, 0.25) is 0 Å². The van der Waals surface area contributed by atoms with Crippen LogP contribution in [0.4, 0.5) is 17.6 Å². The van der Waals surface area contributed by atoms with Crippen LogP contribution in [0.5, 0.6) is 0 Å². The van der Waals surface area contributed by atoms with Crippen LogP contribution >= 0.6 is 0 Å². The molecule has 0 bridgehead atoms. The summed E-state index contributed by atoms with van der Waals surface area (Å²) in [6.45, 7) is 0. The van der Waals surface area contributed by atoms with Gasteiger partial charge in [-0.1, -0.05) is 24.3 Å². The first kappa shape index (κ1) is 13.3. The molecule has 0 spiro atoms. The highest BCUT2D eigenvalue weighted by Crippen LogP contribution is 2.37. The Bertz CT molecular complexity index is 617. The molecule has 0 fully saturated rings. The van der Waals surface area contributed by atoms with E-state index in [4.69, 9.17) is 0 Å². The summed E-state index contributed by atoms with van der Waals surface area (Å²) < 4.78 is 51.7. The maximum Gasteiger partial charge on any atom is 0.417 e. The average molecular weight is 268 g/mol. The molecule has 0 aliphatic carbocycles. The second kappa shape index (κ2) is 4.84. The van der Waals surface area contributed by atoms with Gasteiger partial charge >= 0.3 is 6.18 Å². The van der Waals surface area contributed by atoms with Crippen LogP contribution in [0.1, 0.15) is 15.9 Å². The van der Waals surface area contributed by atoms with E-state index >= 15 is 0 Å². The lowest BCUT2D eigenvalue weighted by Crippen LogP contribution is -2.07. The molecule has 0 aromatic heterocycles. The lowest BCUT2D eigenvalue weighted by atomic mass is 9.95. The number of rotatable bonds is 2. The van der Waals surface area contributed by atoms with Crippen molar-refractivity contribution < 1.29 is 22.4 Å². The Kier molecular flexibility index (Phi) is 3.38. The van der Waals surface area contributed by atoms with Gasteiger partial charge in [-0.15, -0.1) is 0 Å². The van der Waals surface area contributed by atoms with E-state index < -0.39 is 17.6 Å². The van der Waals surface area contributed by atoms with Gasteiger partial charge in [0.15, 0.2) is 6.29 Å². The SMILES string of the molecule is O=Cc1cc(F)ccc1-c1ccccc1C(F)(F)F. The normalized spacial score (nSPS) is 11.4. The van der Waals surface area contributed by atoms with Gasteiger partial charge in [-0.2, -0.15) is 13.2 Å². The average Bonchev–Trinajstić information content (AvgIpc) is 2.37. The molecule has 0 saturated carbocycles. The Morgan fingerprint density at radius 3 is 2.26 bits per heavy atom. The van der Waals surface area contributed by atoms with E-state index in [9.17, 15) is 22.4 Å². The van der Waals surface area contributed by atoms with Crippen molar-refractivity contribution in [1.29, 1.82) is 0 Å². The first-order chi connectivity index (χ1) is 8.93. The van der Waals surface area contributed by atoms with E-state index in [-0.39, 0.29) is 16.7 Å². The molecule has 2 aromatic rings. The maximum atomic E-state index is 13.0. The van der Waals surface area contributed by atoms with Gasteiger partial charge in [0.05, 0.1) is 5.56 Å². The highest BCUT2D eigenvalue weighted by molar-refractivity contribution is 5.88. The summed E-state index contributed by atoms with van der Waals surface area (Å²) >= 11 is 0. The summed E-state index contributed by atoms with van der Waals surface area (Å²) in [6, 6.07) is 7.98. The monoisotopic (exact) mass is 268 g/mol. The van der Waals surface area contributed by atoms with Gasteiger partial charge in [0.25, 0.3) is 0 Å². The Morgan fingerprint density at radius 2 is 1.63 bits per heavy atom. The smallest absolute Gasteiger partial charge is 0.298 e.